The highest BCUT2D eigenvalue weighted by Gasteiger charge is 2.22. The fourth-order valence-corrected chi connectivity index (χ4v) is 1.25. The van der Waals surface area contributed by atoms with Crippen LogP contribution in [0.2, 0.25) is 0 Å². The van der Waals surface area contributed by atoms with E-state index in [9.17, 15) is 4.79 Å². The second-order valence-corrected chi connectivity index (χ2v) is 2.71. The van der Waals surface area contributed by atoms with Gasteiger partial charge in [-0.05, 0) is 11.8 Å². The van der Waals surface area contributed by atoms with E-state index in [1.165, 1.54) is 0 Å². The molecule has 0 spiro atoms. The van der Waals surface area contributed by atoms with Crippen molar-refractivity contribution in [3.63, 3.8) is 0 Å². The molecule has 3 nitrogen and oxygen atoms in total. The van der Waals surface area contributed by atoms with Crippen LogP contribution in [0.4, 0.5) is 4.79 Å². The van der Waals surface area contributed by atoms with Gasteiger partial charge in [0.05, 0.1) is 6.04 Å². The van der Waals surface area contributed by atoms with Crippen LogP contribution in [0.25, 0.3) is 0 Å². The van der Waals surface area contributed by atoms with E-state index in [0.29, 0.717) is 6.61 Å². The van der Waals surface area contributed by atoms with E-state index < -0.39 is 0 Å². The summed E-state index contributed by atoms with van der Waals surface area (Å²) in [5.74, 6) is 0. The van der Waals surface area contributed by atoms with E-state index in [2.05, 4.69) is 17.9 Å². The molecule has 1 unspecified atom stereocenters. The predicted molar refractivity (Wildman–Crippen MR) is 58.6 cm³/mol. The molecule has 0 aromatic heterocycles. The first-order valence-corrected chi connectivity index (χ1v) is 5.18. The molecule has 2 rings (SSSR count). The Labute approximate surface area is 88.9 Å². The molecule has 0 saturated carbocycles. The summed E-state index contributed by atoms with van der Waals surface area (Å²) in [6, 6.07) is 9.80. The molecule has 1 fully saturated rings. The Bertz CT molecular complexity index is 289. The van der Waals surface area contributed by atoms with Gasteiger partial charge in [0.25, 0.3) is 0 Å². The number of benzene rings is 1. The number of amides is 1. The van der Waals surface area contributed by atoms with Gasteiger partial charge in [0.2, 0.25) is 0 Å². The Morgan fingerprint density at radius 2 is 2.00 bits per heavy atom. The maximum Gasteiger partial charge on any atom is 0.407 e. The first kappa shape index (κ1) is 10.9. The zero-order chi connectivity index (χ0) is 10.4. The van der Waals surface area contributed by atoms with Gasteiger partial charge in [-0.2, -0.15) is 12.6 Å². The minimum absolute atomic E-state index is 0.0266. The van der Waals surface area contributed by atoms with Crippen molar-refractivity contribution < 1.29 is 9.53 Å². The van der Waals surface area contributed by atoms with Gasteiger partial charge in [0.15, 0.2) is 0 Å². The fourth-order valence-electron chi connectivity index (χ4n) is 1.25. The highest BCUT2D eigenvalue weighted by Crippen LogP contribution is 2.16. The quantitative estimate of drug-likeness (QED) is 0.697. The lowest BCUT2D eigenvalue weighted by Crippen LogP contribution is -2.17. The van der Waals surface area contributed by atoms with Crippen molar-refractivity contribution in [3.05, 3.63) is 35.9 Å². The maximum absolute atomic E-state index is 10.7. The highest BCUT2D eigenvalue weighted by atomic mass is 32.1. The van der Waals surface area contributed by atoms with Crippen molar-refractivity contribution in [2.45, 2.75) is 6.04 Å². The van der Waals surface area contributed by atoms with Gasteiger partial charge >= 0.3 is 6.09 Å². The molecule has 1 aliphatic rings. The molecule has 1 heterocycles. The number of hydrogen-bond acceptors (Lipinski definition) is 3. The Morgan fingerprint density at radius 1 is 1.36 bits per heavy atom. The molecule has 1 aromatic carbocycles. The number of alkyl carbamates (subject to hydrolysis) is 1. The number of rotatable bonds is 1. The van der Waals surface area contributed by atoms with Crippen LogP contribution in [0, 0.1) is 0 Å². The van der Waals surface area contributed by atoms with Gasteiger partial charge in [-0.15, -0.1) is 0 Å². The third-order valence-electron chi connectivity index (χ3n) is 1.88. The molecule has 0 aliphatic carbocycles. The molecule has 14 heavy (non-hydrogen) atoms. The van der Waals surface area contributed by atoms with E-state index >= 15 is 0 Å². The Morgan fingerprint density at radius 3 is 2.50 bits per heavy atom. The summed E-state index contributed by atoms with van der Waals surface area (Å²) >= 11 is 3.53. The monoisotopic (exact) mass is 211 g/mol. The molecular formula is C10H13NO2S. The van der Waals surface area contributed by atoms with Crippen LogP contribution in [0.3, 0.4) is 0 Å². The van der Waals surface area contributed by atoms with Crippen molar-refractivity contribution in [3.8, 4) is 0 Å². The predicted octanol–water partition coefficient (Wildman–Crippen LogP) is 2.01. The molecule has 1 amide bonds. The van der Waals surface area contributed by atoms with E-state index in [1.807, 2.05) is 30.3 Å². The highest BCUT2D eigenvalue weighted by molar-refractivity contribution is 7.79. The largest absolute Gasteiger partial charge is 0.447 e. The minimum Gasteiger partial charge on any atom is -0.447 e. The Kier molecular flexibility index (Phi) is 4.32. The van der Waals surface area contributed by atoms with Crippen LogP contribution in [0.1, 0.15) is 11.6 Å². The second-order valence-electron chi connectivity index (χ2n) is 2.71. The van der Waals surface area contributed by atoms with Crippen LogP contribution in [0.15, 0.2) is 30.3 Å². The lowest BCUT2D eigenvalue weighted by atomic mass is 10.1. The first-order valence-electron chi connectivity index (χ1n) is 4.29. The number of nitrogens with one attached hydrogen (secondary N) is 1. The summed E-state index contributed by atoms with van der Waals surface area (Å²) in [6.07, 6.45) is 1.36. The Hall–Kier alpha value is -1.16. The molecule has 1 N–H and O–H groups in total. The first-order chi connectivity index (χ1) is 6.86. The van der Waals surface area contributed by atoms with Gasteiger partial charge in [-0.25, -0.2) is 4.79 Å². The summed E-state index contributed by atoms with van der Waals surface area (Å²) in [5, 5.41) is 2.71. The minimum atomic E-state index is -0.330. The Balaban J connectivity index is 0.000000461. The van der Waals surface area contributed by atoms with Gasteiger partial charge in [0.1, 0.15) is 6.61 Å². The summed E-state index contributed by atoms with van der Waals surface area (Å²) in [5.41, 5.74) is 1.09. The molecule has 1 aliphatic heterocycles. The van der Waals surface area contributed by atoms with Gasteiger partial charge < -0.3 is 10.1 Å². The smallest absolute Gasteiger partial charge is 0.407 e. The average molecular weight is 211 g/mol. The number of hydrogen-bond donors (Lipinski definition) is 2. The molecule has 4 heteroatoms. The van der Waals surface area contributed by atoms with Crippen molar-refractivity contribution in [1.82, 2.24) is 5.32 Å². The number of carbonyl (C=O) groups excluding carboxylic acids is 1. The lowest BCUT2D eigenvalue weighted by Gasteiger charge is -2.05. The zero-order valence-electron chi connectivity index (χ0n) is 7.93. The summed E-state index contributed by atoms with van der Waals surface area (Å²) in [4.78, 5) is 10.7. The van der Waals surface area contributed by atoms with Gasteiger partial charge in [-0.1, -0.05) is 30.3 Å². The number of thiol groups is 1. The van der Waals surface area contributed by atoms with Crippen molar-refractivity contribution in [2.24, 2.45) is 0 Å². The van der Waals surface area contributed by atoms with E-state index in [4.69, 9.17) is 4.74 Å². The third kappa shape index (κ3) is 2.67. The van der Waals surface area contributed by atoms with Crippen LogP contribution in [0.5, 0.6) is 0 Å². The maximum atomic E-state index is 10.7. The average Bonchev–Trinajstić information content (AvgIpc) is 2.69. The second kappa shape index (κ2) is 5.54. The van der Waals surface area contributed by atoms with Crippen molar-refractivity contribution in [1.29, 1.82) is 0 Å². The molecule has 0 radical (unpaired) electrons. The molecule has 1 aromatic rings. The topological polar surface area (TPSA) is 38.3 Å². The van der Waals surface area contributed by atoms with E-state index in [-0.39, 0.29) is 12.1 Å². The third-order valence-corrected chi connectivity index (χ3v) is 1.88. The van der Waals surface area contributed by atoms with E-state index in [0.717, 1.165) is 5.56 Å². The zero-order valence-corrected chi connectivity index (χ0v) is 8.83. The fraction of sp³-hybridized carbons (Fsp3) is 0.300. The molecule has 76 valence electrons. The standard InChI is InChI=1S/C9H9NO2.CH4S/c11-9-10-8(6-12-9)7-4-2-1-3-5-7;1-2/h1-5,8H,6H2,(H,10,11);2H,1H3. The summed E-state index contributed by atoms with van der Waals surface area (Å²) < 4.78 is 4.77. The SMILES string of the molecule is CS.O=C1NC(c2ccccc2)CO1. The molecule has 1 atom stereocenters. The van der Waals surface area contributed by atoms with Gasteiger partial charge in [0, 0.05) is 0 Å². The van der Waals surface area contributed by atoms with Crippen LogP contribution < -0.4 is 5.32 Å². The summed E-state index contributed by atoms with van der Waals surface area (Å²) in [6.45, 7) is 0.433. The molecule has 1 saturated heterocycles. The normalized spacial score (nSPS) is 19.0. The number of cyclic esters (lactones) is 1. The van der Waals surface area contributed by atoms with Crippen molar-refractivity contribution >= 4 is 18.7 Å². The number of ether oxygens (including phenoxy) is 1. The molecular weight excluding hydrogens is 198 g/mol. The van der Waals surface area contributed by atoms with E-state index in [1.54, 1.807) is 6.26 Å². The van der Waals surface area contributed by atoms with Gasteiger partial charge in [-0.3, -0.25) is 0 Å². The van der Waals surface area contributed by atoms with Crippen LogP contribution >= 0.6 is 12.6 Å². The summed E-state index contributed by atoms with van der Waals surface area (Å²) in [7, 11) is 0. The lowest BCUT2D eigenvalue weighted by molar-refractivity contribution is 0.177. The number of carbonyl (C=O) groups is 1. The van der Waals surface area contributed by atoms with Crippen LogP contribution in [-0.4, -0.2) is 19.0 Å². The molecule has 0 bridgehead atoms. The van der Waals surface area contributed by atoms with Crippen LogP contribution in [-0.2, 0) is 4.74 Å². The van der Waals surface area contributed by atoms with Crippen molar-refractivity contribution in [2.75, 3.05) is 12.9 Å².